The van der Waals surface area contributed by atoms with Crippen molar-refractivity contribution in [1.29, 1.82) is 0 Å². The average Bonchev–Trinajstić information content (AvgIpc) is 3.88. The highest BCUT2D eigenvalue weighted by Crippen LogP contribution is 2.50. The average molecular weight is 821 g/mol. The Bertz CT molecular complexity index is 3320. The molecule has 9 aromatic carbocycles. The van der Waals surface area contributed by atoms with Crippen LogP contribution in [-0.2, 0) is 0 Å². The van der Waals surface area contributed by atoms with Crippen LogP contribution in [0.5, 0.6) is 0 Å². The predicted molar refractivity (Wildman–Crippen MR) is 269 cm³/mol. The van der Waals surface area contributed by atoms with E-state index in [1.54, 1.807) is 0 Å². The van der Waals surface area contributed by atoms with Gasteiger partial charge in [0.1, 0.15) is 0 Å². The normalized spacial score (nSPS) is 15.0. The molecule has 4 heteroatoms. The molecule has 2 atom stereocenters. The molecule has 0 bridgehead atoms. The molecule has 2 unspecified atom stereocenters. The smallest absolute Gasteiger partial charge is 0.0629 e. The first-order valence-electron chi connectivity index (χ1n) is 22.1. The quantitative estimate of drug-likeness (QED) is 0.144. The highest BCUT2D eigenvalue weighted by Gasteiger charge is 2.38. The molecule has 0 amide bonds. The second-order valence-corrected chi connectivity index (χ2v) is 16.6. The third-order valence-electron chi connectivity index (χ3n) is 12.9. The summed E-state index contributed by atoms with van der Waals surface area (Å²) in [6, 6.07) is 83.6. The Balaban J connectivity index is 0.884. The van der Waals surface area contributed by atoms with Gasteiger partial charge in [0.2, 0.25) is 0 Å². The first kappa shape index (κ1) is 37.4. The molecule has 1 aliphatic heterocycles. The Morgan fingerprint density at radius 3 is 1.44 bits per heavy atom. The molecule has 12 rings (SSSR count). The predicted octanol–water partition coefficient (Wildman–Crippen LogP) is 16.1. The number of hydrogen-bond donors (Lipinski definition) is 0. The third-order valence-corrected chi connectivity index (χ3v) is 12.9. The summed E-state index contributed by atoms with van der Waals surface area (Å²) in [6.45, 7) is 0. The lowest BCUT2D eigenvalue weighted by Crippen LogP contribution is -2.28. The fourth-order valence-corrected chi connectivity index (χ4v) is 9.97. The van der Waals surface area contributed by atoms with Crippen molar-refractivity contribution in [3.63, 3.8) is 0 Å². The van der Waals surface area contributed by atoms with Gasteiger partial charge in [0, 0.05) is 67.9 Å². The molecule has 0 saturated carbocycles. The van der Waals surface area contributed by atoms with E-state index in [1.807, 2.05) is 0 Å². The van der Waals surface area contributed by atoms with Gasteiger partial charge in [0.15, 0.2) is 0 Å². The molecule has 0 N–H and O–H groups in total. The highest BCUT2D eigenvalue weighted by atomic mass is 15.2. The van der Waals surface area contributed by atoms with E-state index in [0.717, 1.165) is 45.4 Å². The van der Waals surface area contributed by atoms with Crippen LogP contribution in [0.4, 0.5) is 45.5 Å². The molecular weight excluding hydrogens is 777 g/mol. The Morgan fingerprint density at radius 1 is 0.344 bits per heavy atom. The summed E-state index contributed by atoms with van der Waals surface area (Å²) in [4.78, 5) is 7.22. The summed E-state index contributed by atoms with van der Waals surface area (Å²) in [5, 5.41) is 2.46. The molecule has 64 heavy (non-hydrogen) atoms. The van der Waals surface area contributed by atoms with Gasteiger partial charge in [-0.25, -0.2) is 0 Å². The van der Waals surface area contributed by atoms with Crippen LogP contribution in [-0.4, -0.2) is 10.6 Å². The van der Waals surface area contributed by atoms with E-state index in [0.29, 0.717) is 0 Å². The van der Waals surface area contributed by atoms with E-state index in [1.165, 1.54) is 44.3 Å². The van der Waals surface area contributed by atoms with Crippen molar-refractivity contribution in [1.82, 2.24) is 4.57 Å². The molecule has 2 heterocycles. The van der Waals surface area contributed by atoms with Crippen molar-refractivity contribution in [2.24, 2.45) is 0 Å². The minimum absolute atomic E-state index is 0.241. The maximum Gasteiger partial charge on any atom is 0.0629 e. The van der Waals surface area contributed by atoms with Crippen LogP contribution in [0.1, 0.15) is 11.5 Å². The minimum atomic E-state index is 0.241. The second-order valence-electron chi connectivity index (χ2n) is 16.6. The molecule has 1 aromatic heterocycles. The monoisotopic (exact) mass is 820 g/mol. The fourth-order valence-electron chi connectivity index (χ4n) is 9.97. The Labute approximate surface area is 374 Å². The Morgan fingerprint density at radius 2 is 0.812 bits per heavy atom. The zero-order chi connectivity index (χ0) is 42.4. The number of aromatic nitrogens is 1. The molecule has 10 aromatic rings. The minimum Gasteiger partial charge on any atom is -0.333 e. The van der Waals surface area contributed by atoms with E-state index < -0.39 is 0 Å². The summed E-state index contributed by atoms with van der Waals surface area (Å²) in [5.41, 5.74) is 16.4. The third kappa shape index (κ3) is 6.47. The second kappa shape index (κ2) is 15.8. The number of hydrogen-bond acceptors (Lipinski definition) is 3. The van der Waals surface area contributed by atoms with E-state index in [4.69, 9.17) is 0 Å². The number of benzene rings is 9. The van der Waals surface area contributed by atoms with Gasteiger partial charge in [-0.15, -0.1) is 0 Å². The number of nitrogens with zero attached hydrogens (tertiary/aromatic N) is 4. The Hall–Kier alpha value is -8.34. The maximum atomic E-state index is 2.49. The van der Waals surface area contributed by atoms with Crippen molar-refractivity contribution < 1.29 is 0 Å². The summed E-state index contributed by atoms with van der Waals surface area (Å²) in [5.74, 6) is 0.269. The lowest BCUT2D eigenvalue weighted by molar-refractivity contribution is 0.745. The lowest BCUT2D eigenvalue weighted by Gasteiger charge is -2.28. The summed E-state index contributed by atoms with van der Waals surface area (Å²) >= 11 is 0. The number of anilines is 8. The number of rotatable bonds is 9. The number of para-hydroxylation sites is 5. The van der Waals surface area contributed by atoms with Crippen LogP contribution in [0, 0.1) is 0 Å². The summed E-state index contributed by atoms with van der Waals surface area (Å²) < 4.78 is 2.37. The molecule has 0 radical (unpaired) electrons. The molecular formula is C60H44N4. The molecule has 0 fully saturated rings. The van der Waals surface area contributed by atoms with Crippen molar-refractivity contribution >= 4 is 67.3 Å². The van der Waals surface area contributed by atoms with Crippen LogP contribution >= 0.6 is 0 Å². The van der Waals surface area contributed by atoms with Gasteiger partial charge >= 0.3 is 0 Å². The van der Waals surface area contributed by atoms with E-state index in [-0.39, 0.29) is 12.0 Å². The molecule has 2 aliphatic rings. The molecule has 1 aliphatic carbocycles. The van der Waals surface area contributed by atoms with Crippen LogP contribution in [0.25, 0.3) is 38.6 Å². The number of allylic oxidation sites excluding steroid dienone is 2. The SMILES string of the molecule is C1=CC2c3cc(N(c4ccccc4)c4ccc(-c5ccc(N(c6ccccc6)c6ccc7c(c6)c6ccccc6n7-c6ccccc6)cc5)cc4)ccc3N(c3ccccc3)C2C=C1. The van der Waals surface area contributed by atoms with Gasteiger partial charge in [-0.1, -0.05) is 140 Å². The van der Waals surface area contributed by atoms with E-state index >= 15 is 0 Å². The van der Waals surface area contributed by atoms with Crippen molar-refractivity contribution in [2.45, 2.75) is 12.0 Å². The van der Waals surface area contributed by atoms with Gasteiger partial charge in [-0.2, -0.15) is 0 Å². The van der Waals surface area contributed by atoms with Gasteiger partial charge in [-0.05, 0) is 132 Å². The largest absolute Gasteiger partial charge is 0.333 e. The van der Waals surface area contributed by atoms with Crippen LogP contribution in [0.2, 0.25) is 0 Å². The van der Waals surface area contributed by atoms with E-state index in [9.17, 15) is 0 Å². The van der Waals surface area contributed by atoms with Gasteiger partial charge in [0.25, 0.3) is 0 Å². The van der Waals surface area contributed by atoms with Crippen LogP contribution in [0.15, 0.2) is 255 Å². The fraction of sp³-hybridized carbons (Fsp3) is 0.0333. The van der Waals surface area contributed by atoms with Crippen LogP contribution < -0.4 is 14.7 Å². The number of fused-ring (bicyclic) bond motifs is 6. The maximum absolute atomic E-state index is 2.49. The van der Waals surface area contributed by atoms with Gasteiger partial charge in [0.05, 0.1) is 17.1 Å². The first-order valence-corrected chi connectivity index (χ1v) is 22.1. The van der Waals surface area contributed by atoms with E-state index in [2.05, 4.69) is 274 Å². The Kier molecular flexibility index (Phi) is 9.27. The topological polar surface area (TPSA) is 14.7 Å². The zero-order valence-electron chi connectivity index (χ0n) is 35.2. The van der Waals surface area contributed by atoms with Gasteiger partial charge in [-0.3, -0.25) is 0 Å². The van der Waals surface area contributed by atoms with Gasteiger partial charge < -0.3 is 19.3 Å². The molecule has 0 saturated heterocycles. The molecule has 0 spiro atoms. The summed E-state index contributed by atoms with van der Waals surface area (Å²) in [7, 11) is 0. The summed E-state index contributed by atoms with van der Waals surface area (Å²) in [6.07, 6.45) is 9.06. The van der Waals surface area contributed by atoms with Crippen LogP contribution in [0.3, 0.4) is 0 Å². The van der Waals surface area contributed by atoms with Crippen molar-refractivity contribution in [3.05, 3.63) is 260 Å². The first-order chi connectivity index (χ1) is 31.8. The molecule has 304 valence electrons. The highest BCUT2D eigenvalue weighted by molar-refractivity contribution is 6.10. The van der Waals surface area contributed by atoms with Crippen molar-refractivity contribution in [3.8, 4) is 16.8 Å². The molecule has 4 nitrogen and oxygen atoms in total. The standard InChI is InChI=1S/C60H44N4/c1-5-17-45(18-6-1)61(51-37-39-59-55(41-51)53-25-13-15-27-57(53)63(59)47-21-9-3-10-22-47)49-33-29-43(30-34-49)44-31-35-50(36-32-44)62(46-19-7-2-8-20-46)52-38-40-60-56(42-52)54-26-14-16-28-58(54)64(60)48-23-11-4-12-24-48/h1-42,53,57H. The lowest BCUT2D eigenvalue weighted by atomic mass is 9.91. The van der Waals surface area contributed by atoms with Crippen molar-refractivity contribution in [2.75, 3.05) is 14.7 Å². The zero-order valence-corrected chi connectivity index (χ0v) is 35.2.